The molecule has 6 heteroatoms. The Balaban J connectivity index is 2.05. The SMILES string of the molecule is Cc1[nH]c(C(=O)O)c(C)c1C(=O)NCC1CCCCN1C. The van der Waals surface area contributed by atoms with E-state index < -0.39 is 5.97 Å². The predicted octanol–water partition coefficient (Wildman–Crippen LogP) is 1.54. The summed E-state index contributed by atoms with van der Waals surface area (Å²) in [6.07, 6.45) is 3.48. The molecule has 2 rings (SSSR count). The van der Waals surface area contributed by atoms with Crippen molar-refractivity contribution in [2.24, 2.45) is 0 Å². The number of nitrogens with zero attached hydrogens (tertiary/aromatic N) is 1. The second kappa shape index (κ2) is 6.30. The number of amides is 1. The number of piperidine rings is 1. The molecule has 116 valence electrons. The number of likely N-dealkylation sites (tertiary alicyclic amines) is 1. The lowest BCUT2D eigenvalue weighted by Gasteiger charge is -2.32. The van der Waals surface area contributed by atoms with Crippen LogP contribution in [0.15, 0.2) is 0 Å². The van der Waals surface area contributed by atoms with Crippen molar-refractivity contribution in [2.45, 2.75) is 39.2 Å². The Kier molecular flexibility index (Phi) is 4.67. The van der Waals surface area contributed by atoms with Gasteiger partial charge in [0.25, 0.3) is 5.91 Å². The number of nitrogens with one attached hydrogen (secondary N) is 2. The zero-order valence-corrected chi connectivity index (χ0v) is 12.8. The second-order valence-electron chi connectivity index (χ2n) is 5.77. The fraction of sp³-hybridized carbons (Fsp3) is 0.600. The van der Waals surface area contributed by atoms with Gasteiger partial charge in [0.15, 0.2) is 0 Å². The minimum absolute atomic E-state index is 0.0902. The summed E-state index contributed by atoms with van der Waals surface area (Å²) in [5.74, 6) is -1.24. The largest absolute Gasteiger partial charge is 0.477 e. The lowest BCUT2D eigenvalue weighted by atomic mass is 10.0. The molecule has 1 aromatic rings. The second-order valence-corrected chi connectivity index (χ2v) is 5.77. The minimum atomic E-state index is -1.04. The van der Waals surface area contributed by atoms with Crippen LogP contribution < -0.4 is 5.32 Å². The van der Waals surface area contributed by atoms with E-state index in [0.717, 1.165) is 13.0 Å². The normalized spacial score (nSPS) is 19.5. The molecule has 0 saturated carbocycles. The third-order valence-electron chi connectivity index (χ3n) is 4.30. The molecule has 6 nitrogen and oxygen atoms in total. The van der Waals surface area contributed by atoms with Crippen LogP contribution in [0.1, 0.15) is 51.4 Å². The summed E-state index contributed by atoms with van der Waals surface area (Å²) in [6, 6.07) is 0.362. The monoisotopic (exact) mass is 293 g/mol. The molecule has 1 amide bonds. The lowest BCUT2D eigenvalue weighted by molar-refractivity contribution is 0.0690. The fourth-order valence-electron chi connectivity index (χ4n) is 3.01. The van der Waals surface area contributed by atoms with Crippen LogP contribution in [0.25, 0.3) is 0 Å². The molecule has 0 aromatic carbocycles. The maximum Gasteiger partial charge on any atom is 0.352 e. The van der Waals surface area contributed by atoms with Gasteiger partial charge >= 0.3 is 5.97 Å². The first-order valence-corrected chi connectivity index (χ1v) is 7.32. The highest BCUT2D eigenvalue weighted by molar-refractivity contribution is 6.00. The van der Waals surface area contributed by atoms with Crippen LogP contribution in [0, 0.1) is 13.8 Å². The van der Waals surface area contributed by atoms with E-state index in [-0.39, 0.29) is 11.6 Å². The number of rotatable bonds is 4. The first-order chi connectivity index (χ1) is 9.91. The smallest absolute Gasteiger partial charge is 0.352 e. The van der Waals surface area contributed by atoms with Crippen LogP contribution in [0.3, 0.4) is 0 Å². The number of hydrogen-bond acceptors (Lipinski definition) is 3. The molecule has 1 fully saturated rings. The van der Waals surface area contributed by atoms with Crippen molar-refractivity contribution in [3.05, 3.63) is 22.5 Å². The van der Waals surface area contributed by atoms with Gasteiger partial charge in [-0.1, -0.05) is 6.42 Å². The average Bonchev–Trinajstić information content (AvgIpc) is 2.73. The Hall–Kier alpha value is -1.82. The quantitative estimate of drug-likeness (QED) is 0.786. The van der Waals surface area contributed by atoms with E-state index in [2.05, 4.69) is 22.2 Å². The van der Waals surface area contributed by atoms with E-state index in [9.17, 15) is 9.59 Å². The number of likely N-dealkylation sites (N-methyl/N-ethyl adjacent to an activating group) is 1. The topological polar surface area (TPSA) is 85.4 Å². The molecule has 0 bridgehead atoms. The Morgan fingerprint density at radius 2 is 2.10 bits per heavy atom. The lowest BCUT2D eigenvalue weighted by Crippen LogP contribution is -2.44. The Bertz CT molecular complexity index is 551. The van der Waals surface area contributed by atoms with Gasteiger partial charge in [0.05, 0.1) is 5.56 Å². The number of aryl methyl sites for hydroxylation is 1. The summed E-state index contributed by atoms with van der Waals surface area (Å²) in [6.45, 7) is 5.05. The summed E-state index contributed by atoms with van der Waals surface area (Å²) in [7, 11) is 2.07. The molecule has 2 heterocycles. The van der Waals surface area contributed by atoms with Crippen molar-refractivity contribution in [2.75, 3.05) is 20.1 Å². The molecule has 3 N–H and O–H groups in total. The number of aromatic nitrogens is 1. The number of aromatic carboxylic acids is 1. The third kappa shape index (κ3) is 3.26. The molecular formula is C15H23N3O3. The van der Waals surface area contributed by atoms with Gasteiger partial charge in [0.2, 0.25) is 0 Å². The molecule has 1 aliphatic rings. The van der Waals surface area contributed by atoms with E-state index in [0.29, 0.717) is 29.4 Å². The molecule has 0 aliphatic carbocycles. The van der Waals surface area contributed by atoms with Crippen LogP contribution in [-0.4, -0.2) is 53.0 Å². The van der Waals surface area contributed by atoms with Gasteiger partial charge < -0.3 is 20.3 Å². The maximum absolute atomic E-state index is 12.3. The highest BCUT2D eigenvalue weighted by Gasteiger charge is 2.23. The average molecular weight is 293 g/mol. The van der Waals surface area contributed by atoms with Crippen molar-refractivity contribution in [3.8, 4) is 0 Å². The van der Waals surface area contributed by atoms with E-state index in [1.165, 1.54) is 12.8 Å². The Morgan fingerprint density at radius 3 is 2.67 bits per heavy atom. The number of carboxylic acid groups (broad SMARTS) is 1. The van der Waals surface area contributed by atoms with Crippen LogP contribution in [0.5, 0.6) is 0 Å². The molecule has 0 spiro atoms. The van der Waals surface area contributed by atoms with Crippen LogP contribution in [0.2, 0.25) is 0 Å². The zero-order valence-electron chi connectivity index (χ0n) is 12.8. The van der Waals surface area contributed by atoms with Gasteiger partial charge in [0, 0.05) is 18.3 Å². The van der Waals surface area contributed by atoms with Gasteiger partial charge in [-0.05, 0) is 45.8 Å². The molecule has 1 atom stereocenters. The molecule has 1 aromatic heterocycles. The minimum Gasteiger partial charge on any atom is -0.477 e. The molecule has 1 aliphatic heterocycles. The number of carbonyl (C=O) groups excluding carboxylic acids is 1. The van der Waals surface area contributed by atoms with Gasteiger partial charge in [-0.3, -0.25) is 4.79 Å². The predicted molar refractivity (Wildman–Crippen MR) is 79.8 cm³/mol. The van der Waals surface area contributed by atoms with Gasteiger partial charge in [-0.2, -0.15) is 0 Å². The first kappa shape index (κ1) is 15.6. The standard InChI is InChI=1S/C15H23N3O3/c1-9-12(10(2)17-13(9)15(20)21)14(19)16-8-11-6-4-5-7-18(11)3/h11,17H,4-8H2,1-3H3,(H,16,19)(H,20,21). The molecule has 1 unspecified atom stereocenters. The number of carboxylic acids is 1. The van der Waals surface area contributed by atoms with Crippen molar-refractivity contribution in [1.29, 1.82) is 0 Å². The number of aromatic amines is 1. The van der Waals surface area contributed by atoms with Crippen molar-refractivity contribution in [3.63, 3.8) is 0 Å². The summed E-state index contributed by atoms with van der Waals surface area (Å²) >= 11 is 0. The summed E-state index contributed by atoms with van der Waals surface area (Å²) in [4.78, 5) is 28.5. The molecule has 1 saturated heterocycles. The highest BCUT2D eigenvalue weighted by atomic mass is 16.4. The number of H-pyrrole nitrogens is 1. The summed E-state index contributed by atoms with van der Waals surface area (Å²) < 4.78 is 0. The van der Waals surface area contributed by atoms with Crippen molar-refractivity contribution < 1.29 is 14.7 Å². The summed E-state index contributed by atoms with van der Waals surface area (Å²) in [5.41, 5.74) is 1.63. The van der Waals surface area contributed by atoms with E-state index in [1.807, 2.05) is 0 Å². The highest BCUT2D eigenvalue weighted by Crippen LogP contribution is 2.18. The fourth-order valence-corrected chi connectivity index (χ4v) is 3.01. The zero-order chi connectivity index (χ0) is 15.6. The van der Waals surface area contributed by atoms with E-state index >= 15 is 0 Å². The van der Waals surface area contributed by atoms with Crippen LogP contribution >= 0.6 is 0 Å². The third-order valence-corrected chi connectivity index (χ3v) is 4.30. The van der Waals surface area contributed by atoms with Crippen LogP contribution in [-0.2, 0) is 0 Å². The van der Waals surface area contributed by atoms with Gasteiger partial charge in [-0.15, -0.1) is 0 Å². The van der Waals surface area contributed by atoms with Crippen molar-refractivity contribution >= 4 is 11.9 Å². The number of hydrogen-bond donors (Lipinski definition) is 3. The molecular weight excluding hydrogens is 270 g/mol. The first-order valence-electron chi connectivity index (χ1n) is 7.32. The van der Waals surface area contributed by atoms with Crippen molar-refractivity contribution in [1.82, 2.24) is 15.2 Å². The maximum atomic E-state index is 12.3. The van der Waals surface area contributed by atoms with Gasteiger partial charge in [0.1, 0.15) is 5.69 Å². The van der Waals surface area contributed by atoms with E-state index in [4.69, 9.17) is 5.11 Å². The Morgan fingerprint density at radius 1 is 1.38 bits per heavy atom. The van der Waals surface area contributed by atoms with E-state index in [1.54, 1.807) is 13.8 Å². The molecule has 21 heavy (non-hydrogen) atoms. The molecule has 0 radical (unpaired) electrons. The number of carbonyl (C=O) groups is 2. The Labute approximate surface area is 124 Å². The van der Waals surface area contributed by atoms with Crippen LogP contribution in [0.4, 0.5) is 0 Å². The summed E-state index contributed by atoms with van der Waals surface area (Å²) in [5, 5.41) is 12.0. The van der Waals surface area contributed by atoms with Gasteiger partial charge in [-0.25, -0.2) is 4.79 Å².